The predicted octanol–water partition coefficient (Wildman–Crippen LogP) is 2.19. The molecule has 0 radical (unpaired) electrons. The summed E-state index contributed by atoms with van der Waals surface area (Å²) in [5.74, 6) is 0.179. The molecule has 4 nitrogen and oxygen atoms in total. The Balaban J connectivity index is 1.54. The molecule has 21 heavy (non-hydrogen) atoms. The van der Waals surface area contributed by atoms with E-state index in [1.165, 1.54) is 12.0 Å². The first kappa shape index (κ1) is 14.5. The zero-order chi connectivity index (χ0) is 14.5. The summed E-state index contributed by atoms with van der Waals surface area (Å²) in [6.07, 6.45) is 4.61. The average molecular weight is 288 g/mol. The van der Waals surface area contributed by atoms with Crippen LogP contribution in [0.5, 0.6) is 0 Å². The number of benzene rings is 1. The molecule has 1 amide bonds. The van der Waals surface area contributed by atoms with Crippen LogP contribution in [0.2, 0.25) is 0 Å². The summed E-state index contributed by atoms with van der Waals surface area (Å²) in [4.78, 5) is 14.4. The third-order valence-corrected chi connectivity index (χ3v) is 4.37. The van der Waals surface area contributed by atoms with E-state index in [-0.39, 0.29) is 5.91 Å². The maximum absolute atomic E-state index is 12.4. The van der Waals surface area contributed by atoms with Gasteiger partial charge in [0.25, 0.3) is 5.91 Å². The molecule has 2 aliphatic heterocycles. The van der Waals surface area contributed by atoms with Gasteiger partial charge in [0.05, 0.1) is 6.61 Å². The van der Waals surface area contributed by atoms with Crippen molar-refractivity contribution in [1.29, 1.82) is 0 Å². The molecule has 114 valence electrons. The highest BCUT2D eigenvalue weighted by Crippen LogP contribution is 2.14. The van der Waals surface area contributed by atoms with Crippen molar-refractivity contribution in [3.05, 3.63) is 35.4 Å². The van der Waals surface area contributed by atoms with Gasteiger partial charge < -0.3 is 15.0 Å². The molecule has 1 N–H and O–H groups in total. The van der Waals surface area contributed by atoms with Gasteiger partial charge in [-0.3, -0.25) is 4.79 Å². The summed E-state index contributed by atoms with van der Waals surface area (Å²) in [6, 6.07) is 8.50. The van der Waals surface area contributed by atoms with Crippen LogP contribution in [-0.4, -0.2) is 43.2 Å². The number of hydrogen-bond acceptors (Lipinski definition) is 3. The molecule has 4 heteroatoms. The van der Waals surface area contributed by atoms with Crippen molar-refractivity contribution in [2.75, 3.05) is 26.3 Å². The smallest absolute Gasteiger partial charge is 0.253 e. The Bertz CT molecular complexity index is 460. The molecule has 0 saturated carbocycles. The molecule has 0 unspecified atom stereocenters. The van der Waals surface area contributed by atoms with Gasteiger partial charge in [-0.15, -0.1) is 0 Å². The maximum Gasteiger partial charge on any atom is 0.253 e. The summed E-state index contributed by atoms with van der Waals surface area (Å²) in [7, 11) is 0. The van der Waals surface area contributed by atoms with Gasteiger partial charge in [-0.05, 0) is 43.4 Å². The number of ether oxygens (including phenoxy) is 1. The van der Waals surface area contributed by atoms with Crippen molar-refractivity contribution in [2.24, 2.45) is 0 Å². The number of amides is 1. The first-order chi connectivity index (χ1) is 10.3. The third-order valence-electron chi connectivity index (χ3n) is 4.37. The lowest BCUT2D eigenvalue weighted by molar-refractivity contribution is 0.0724. The van der Waals surface area contributed by atoms with Crippen molar-refractivity contribution in [2.45, 2.75) is 38.3 Å². The molecule has 0 bridgehead atoms. The maximum atomic E-state index is 12.4. The minimum atomic E-state index is 0.179. The average Bonchev–Trinajstić information content (AvgIpc) is 3.07. The van der Waals surface area contributed by atoms with Crippen LogP contribution < -0.4 is 5.32 Å². The highest BCUT2D eigenvalue weighted by Gasteiger charge is 2.18. The van der Waals surface area contributed by atoms with Crippen LogP contribution in [0.25, 0.3) is 0 Å². The highest BCUT2D eigenvalue weighted by atomic mass is 16.5. The number of likely N-dealkylation sites (tertiary alicyclic amines) is 1. The molecule has 2 fully saturated rings. The van der Waals surface area contributed by atoms with Gasteiger partial charge in [0.2, 0.25) is 0 Å². The normalized spacial score (nSPS) is 22.5. The number of carbonyl (C=O) groups is 1. The number of nitrogens with one attached hydrogen (secondary N) is 1. The van der Waals surface area contributed by atoms with E-state index in [1.54, 1.807) is 0 Å². The number of carbonyl (C=O) groups excluding carboxylic acids is 1. The van der Waals surface area contributed by atoms with Crippen molar-refractivity contribution < 1.29 is 9.53 Å². The molecular formula is C17H24N2O2. The Morgan fingerprint density at radius 2 is 1.95 bits per heavy atom. The Hall–Kier alpha value is -1.39. The largest absolute Gasteiger partial charge is 0.380 e. The van der Waals surface area contributed by atoms with E-state index in [2.05, 4.69) is 17.4 Å². The van der Waals surface area contributed by atoms with Crippen LogP contribution >= 0.6 is 0 Å². The fourth-order valence-electron chi connectivity index (χ4n) is 3.00. The van der Waals surface area contributed by atoms with Gasteiger partial charge in [0, 0.05) is 37.8 Å². The molecular weight excluding hydrogens is 264 g/mol. The lowest BCUT2D eigenvalue weighted by Gasteiger charge is -2.26. The summed E-state index contributed by atoms with van der Waals surface area (Å²) in [5.41, 5.74) is 2.03. The topological polar surface area (TPSA) is 41.6 Å². The minimum absolute atomic E-state index is 0.179. The fraction of sp³-hybridized carbons (Fsp3) is 0.588. The van der Waals surface area contributed by atoms with Gasteiger partial charge in [0.15, 0.2) is 0 Å². The summed E-state index contributed by atoms with van der Waals surface area (Å²) in [6.45, 7) is 4.33. The summed E-state index contributed by atoms with van der Waals surface area (Å²) in [5, 5.41) is 3.49. The number of piperidine rings is 1. The van der Waals surface area contributed by atoms with E-state index >= 15 is 0 Å². The highest BCUT2D eigenvalue weighted by molar-refractivity contribution is 5.94. The minimum Gasteiger partial charge on any atom is -0.380 e. The SMILES string of the molecule is O=C(c1ccc(CN[C@@H]2CCOC2)cc1)N1CCCCC1. The zero-order valence-electron chi connectivity index (χ0n) is 12.5. The second-order valence-corrected chi connectivity index (χ2v) is 5.99. The van der Waals surface area contributed by atoms with E-state index in [0.29, 0.717) is 6.04 Å². The molecule has 2 aliphatic rings. The second kappa shape index (κ2) is 7.05. The van der Waals surface area contributed by atoms with Gasteiger partial charge in [-0.25, -0.2) is 0 Å². The third kappa shape index (κ3) is 3.83. The second-order valence-electron chi connectivity index (χ2n) is 5.99. The number of nitrogens with zero attached hydrogens (tertiary/aromatic N) is 1. The van der Waals surface area contributed by atoms with Crippen LogP contribution in [0, 0.1) is 0 Å². The molecule has 2 saturated heterocycles. The van der Waals surface area contributed by atoms with Crippen LogP contribution in [-0.2, 0) is 11.3 Å². The van der Waals surface area contributed by atoms with Gasteiger partial charge in [0.1, 0.15) is 0 Å². The van der Waals surface area contributed by atoms with Gasteiger partial charge in [-0.1, -0.05) is 12.1 Å². The van der Waals surface area contributed by atoms with Crippen LogP contribution in [0.1, 0.15) is 41.6 Å². The van der Waals surface area contributed by atoms with Gasteiger partial charge in [-0.2, -0.15) is 0 Å². The molecule has 0 spiro atoms. The molecule has 1 aromatic rings. The number of rotatable bonds is 4. The first-order valence-corrected chi connectivity index (χ1v) is 8.02. The Morgan fingerprint density at radius 1 is 1.19 bits per heavy atom. The Kier molecular flexibility index (Phi) is 4.88. The fourth-order valence-corrected chi connectivity index (χ4v) is 3.00. The lowest BCUT2D eigenvalue weighted by Crippen LogP contribution is -2.35. The monoisotopic (exact) mass is 288 g/mol. The molecule has 0 aromatic heterocycles. The zero-order valence-corrected chi connectivity index (χ0v) is 12.5. The standard InChI is InChI=1S/C17H24N2O2/c20-17(19-9-2-1-3-10-19)15-6-4-14(5-7-15)12-18-16-8-11-21-13-16/h4-7,16,18H,1-3,8-13H2/t16-/m1/s1. The van der Waals surface area contributed by atoms with Crippen molar-refractivity contribution in [3.8, 4) is 0 Å². The Morgan fingerprint density at radius 3 is 2.62 bits per heavy atom. The van der Waals surface area contributed by atoms with E-state index in [4.69, 9.17) is 4.74 Å². The molecule has 2 heterocycles. The predicted molar refractivity (Wildman–Crippen MR) is 82.3 cm³/mol. The lowest BCUT2D eigenvalue weighted by atomic mass is 10.1. The van der Waals surface area contributed by atoms with Crippen LogP contribution in [0.15, 0.2) is 24.3 Å². The van der Waals surface area contributed by atoms with Crippen molar-refractivity contribution in [1.82, 2.24) is 10.2 Å². The summed E-state index contributed by atoms with van der Waals surface area (Å²) >= 11 is 0. The summed E-state index contributed by atoms with van der Waals surface area (Å²) < 4.78 is 5.35. The van der Waals surface area contributed by atoms with E-state index in [0.717, 1.165) is 57.7 Å². The van der Waals surface area contributed by atoms with Crippen LogP contribution in [0.4, 0.5) is 0 Å². The quantitative estimate of drug-likeness (QED) is 0.923. The first-order valence-electron chi connectivity index (χ1n) is 8.02. The number of hydrogen-bond donors (Lipinski definition) is 1. The van der Waals surface area contributed by atoms with Crippen molar-refractivity contribution in [3.63, 3.8) is 0 Å². The van der Waals surface area contributed by atoms with E-state index in [9.17, 15) is 4.79 Å². The molecule has 0 aliphatic carbocycles. The van der Waals surface area contributed by atoms with E-state index < -0.39 is 0 Å². The van der Waals surface area contributed by atoms with E-state index in [1.807, 2.05) is 17.0 Å². The Labute approximate surface area is 126 Å². The van der Waals surface area contributed by atoms with Gasteiger partial charge >= 0.3 is 0 Å². The van der Waals surface area contributed by atoms with Crippen LogP contribution in [0.3, 0.4) is 0 Å². The van der Waals surface area contributed by atoms with Crippen molar-refractivity contribution >= 4 is 5.91 Å². The molecule has 1 atom stereocenters. The molecule has 3 rings (SSSR count). The molecule has 1 aromatic carbocycles.